The largest absolute Gasteiger partial charge is 0.508 e. The van der Waals surface area contributed by atoms with E-state index in [0.717, 1.165) is 47.0 Å². The molecule has 188 valence electrons. The van der Waals surface area contributed by atoms with Gasteiger partial charge in [-0.1, -0.05) is 25.1 Å². The van der Waals surface area contributed by atoms with Gasteiger partial charge < -0.3 is 19.7 Å². The highest BCUT2D eigenvalue weighted by Gasteiger charge is 2.30. The third-order valence-electron chi connectivity index (χ3n) is 7.29. The van der Waals surface area contributed by atoms with E-state index in [0.29, 0.717) is 24.0 Å². The summed E-state index contributed by atoms with van der Waals surface area (Å²) in [5.41, 5.74) is 3.90. The number of benzene rings is 3. The molecular formula is C30H32FNO4. The van der Waals surface area contributed by atoms with Crippen LogP contribution in [0.5, 0.6) is 23.0 Å². The zero-order valence-corrected chi connectivity index (χ0v) is 20.9. The van der Waals surface area contributed by atoms with Crippen molar-refractivity contribution in [1.29, 1.82) is 0 Å². The number of aromatic hydroxyl groups is 2. The lowest BCUT2D eigenvalue weighted by molar-refractivity contribution is 0.169. The number of rotatable bonds is 6. The van der Waals surface area contributed by atoms with E-state index >= 15 is 0 Å². The van der Waals surface area contributed by atoms with Gasteiger partial charge in [0.05, 0.1) is 0 Å². The summed E-state index contributed by atoms with van der Waals surface area (Å²) in [5, 5.41) is 19.8. The van der Waals surface area contributed by atoms with Crippen LogP contribution in [-0.4, -0.2) is 40.9 Å². The van der Waals surface area contributed by atoms with E-state index in [1.54, 1.807) is 24.3 Å². The standard InChI is InChI=1S/C30H32FNO4/c1-18-12-13-32(16-18)19(2)17-35-24-8-4-21(5-9-24)30-29(22-6-10-27(34)26(31)14-22)20(3)25-15-23(33)7-11-28(25)36-30/h4-11,14-15,18-19,30,33-34H,12-13,16-17H2,1-3H3/t18-,19+,30?/m1/s1. The molecule has 5 nitrogen and oxygen atoms in total. The van der Waals surface area contributed by atoms with E-state index in [-0.39, 0.29) is 5.75 Å². The first-order valence-corrected chi connectivity index (χ1v) is 12.5. The van der Waals surface area contributed by atoms with Crippen molar-refractivity contribution in [3.05, 3.63) is 83.2 Å². The van der Waals surface area contributed by atoms with Gasteiger partial charge in [-0.05, 0) is 91.9 Å². The first kappa shape index (κ1) is 24.2. The van der Waals surface area contributed by atoms with Crippen molar-refractivity contribution in [2.75, 3.05) is 19.7 Å². The van der Waals surface area contributed by atoms with Crippen LogP contribution in [0.2, 0.25) is 0 Å². The van der Waals surface area contributed by atoms with E-state index in [4.69, 9.17) is 9.47 Å². The number of hydrogen-bond donors (Lipinski definition) is 2. The van der Waals surface area contributed by atoms with Crippen molar-refractivity contribution in [3.8, 4) is 23.0 Å². The van der Waals surface area contributed by atoms with Gasteiger partial charge in [-0.15, -0.1) is 0 Å². The topological polar surface area (TPSA) is 62.2 Å². The van der Waals surface area contributed by atoms with Crippen LogP contribution in [0.1, 0.15) is 50.0 Å². The van der Waals surface area contributed by atoms with Crippen LogP contribution in [-0.2, 0) is 0 Å². The fourth-order valence-electron chi connectivity index (χ4n) is 5.15. The third kappa shape index (κ3) is 4.78. The van der Waals surface area contributed by atoms with Crippen molar-refractivity contribution < 1.29 is 24.1 Å². The summed E-state index contributed by atoms with van der Waals surface area (Å²) in [6.45, 7) is 9.29. The van der Waals surface area contributed by atoms with Gasteiger partial charge in [0.25, 0.3) is 0 Å². The summed E-state index contributed by atoms with van der Waals surface area (Å²) in [6, 6.07) is 17.5. The quantitative estimate of drug-likeness (QED) is 0.419. The maximum atomic E-state index is 14.3. The zero-order valence-electron chi connectivity index (χ0n) is 20.9. The lowest BCUT2D eigenvalue weighted by atomic mass is 9.86. The summed E-state index contributed by atoms with van der Waals surface area (Å²) in [4.78, 5) is 2.47. The molecule has 0 amide bonds. The molecule has 0 aliphatic carbocycles. The Hall–Kier alpha value is -3.51. The molecule has 2 N–H and O–H groups in total. The molecule has 3 atom stereocenters. The Bertz CT molecular complexity index is 1290. The second-order valence-electron chi connectivity index (χ2n) is 10.0. The SMILES string of the molecule is CC1=C(c2ccc(O)c(F)c2)C(c2ccc(OC[C@H](C)N3CC[C@@H](C)C3)cc2)Oc2ccc(O)cc21. The Morgan fingerprint density at radius 2 is 1.86 bits per heavy atom. The van der Waals surface area contributed by atoms with Gasteiger partial charge >= 0.3 is 0 Å². The maximum Gasteiger partial charge on any atom is 0.165 e. The van der Waals surface area contributed by atoms with E-state index < -0.39 is 17.7 Å². The van der Waals surface area contributed by atoms with Gasteiger partial charge in [-0.25, -0.2) is 4.39 Å². The number of hydrogen-bond acceptors (Lipinski definition) is 5. The number of nitrogens with zero attached hydrogens (tertiary/aromatic N) is 1. The molecule has 2 heterocycles. The Morgan fingerprint density at radius 1 is 1.08 bits per heavy atom. The minimum Gasteiger partial charge on any atom is -0.508 e. The number of halogens is 1. The highest BCUT2D eigenvalue weighted by atomic mass is 19.1. The molecule has 6 heteroatoms. The lowest BCUT2D eigenvalue weighted by Crippen LogP contribution is -2.35. The molecule has 0 saturated carbocycles. The summed E-state index contributed by atoms with van der Waals surface area (Å²) in [5.74, 6) is 1.21. The van der Waals surface area contributed by atoms with Gasteiger partial charge in [-0.2, -0.15) is 0 Å². The number of phenols is 2. The van der Waals surface area contributed by atoms with E-state index in [2.05, 4.69) is 18.7 Å². The molecular weight excluding hydrogens is 457 g/mol. The number of fused-ring (bicyclic) bond motifs is 1. The van der Waals surface area contributed by atoms with Crippen LogP contribution in [0.4, 0.5) is 4.39 Å². The summed E-state index contributed by atoms with van der Waals surface area (Å²) in [7, 11) is 0. The molecule has 5 rings (SSSR count). The fourth-order valence-corrected chi connectivity index (χ4v) is 5.15. The number of ether oxygens (including phenoxy) is 2. The van der Waals surface area contributed by atoms with E-state index in [9.17, 15) is 14.6 Å². The second kappa shape index (κ2) is 9.86. The Labute approximate surface area is 211 Å². The highest BCUT2D eigenvalue weighted by Crippen LogP contribution is 2.47. The van der Waals surface area contributed by atoms with Gasteiger partial charge in [0.15, 0.2) is 11.6 Å². The summed E-state index contributed by atoms with van der Waals surface area (Å²) in [6.07, 6.45) is 0.744. The molecule has 0 spiro atoms. The van der Waals surface area contributed by atoms with Crippen molar-refractivity contribution in [1.82, 2.24) is 4.90 Å². The molecule has 0 radical (unpaired) electrons. The van der Waals surface area contributed by atoms with E-state index in [1.165, 1.54) is 18.6 Å². The Kier molecular flexibility index (Phi) is 6.63. The first-order valence-electron chi connectivity index (χ1n) is 12.5. The molecule has 3 aromatic carbocycles. The minimum absolute atomic E-state index is 0.130. The van der Waals surface area contributed by atoms with Crippen molar-refractivity contribution in [2.45, 2.75) is 39.3 Å². The predicted octanol–water partition coefficient (Wildman–Crippen LogP) is 6.41. The van der Waals surface area contributed by atoms with Crippen LogP contribution in [0, 0.1) is 11.7 Å². The second-order valence-corrected chi connectivity index (χ2v) is 10.0. The molecule has 2 aliphatic rings. The van der Waals surface area contributed by atoms with Gasteiger partial charge in [-0.3, -0.25) is 4.90 Å². The normalized spacial score (nSPS) is 20.7. The van der Waals surface area contributed by atoms with Crippen LogP contribution in [0.15, 0.2) is 60.7 Å². The Morgan fingerprint density at radius 3 is 2.56 bits per heavy atom. The molecule has 1 saturated heterocycles. The zero-order chi connectivity index (χ0) is 25.4. The van der Waals surface area contributed by atoms with Gasteiger partial charge in [0.2, 0.25) is 0 Å². The highest BCUT2D eigenvalue weighted by molar-refractivity contribution is 5.95. The van der Waals surface area contributed by atoms with Crippen molar-refractivity contribution in [3.63, 3.8) is 0 Å². The molecule has 36 heavy (non-hydrogen) atoms. The summed E-state index contributed by atoms with van der Waals surface area (Å²) >= 11 is 0. The minimum atomic E-state index is -0.696. The average Bonchev–Trinajstić information content (AvgIpc) is 3.31. The number of phenolic OH excluding ortho intramolecular Hbond substituents is 2. The smallest absolute Gasteiger partial charge is 0.165 e. The molecule has 1 unspecified atom stereocenters. The molecule has 1 fully saturated rings. The molecule has 2 aliphatic heterocycles. The van der Waals surface area contributed by atoms with Crippen LogP contribution < -0.4 is 9.47 Å². The summed E-state index contributed by atoms with van der Waals surface area (Å²) < 4.78 is 26.8. The first-order chi connectivity index (χ1) is 17.3. The number of allylic oxidation sites excluding steroid dienone is 1. The van der Waals surface area contributed by atoms with Crippen LogP contribution in [0.25, 0.3) is 11.1 Å². The predicted molar refractivity (Wildman–Crippen MR) is 139 cm³/mol. The van der Waals surface area contributed by atoms with Crippen LogP contribution in [0.3, 0.4) is 0 Å². The molecule has 3 aromatic rings. The Balaban J connectivity index is 1.42. The molecule has 0 aromatic heterocycles. The van der Waals surface area contributed by atoms with Gasteiger partial charge in [0, 0.05) is 23.7 Å². The third-order valence-corrected chi connectivity index (χ3v) is 7.29. The number of likely N-dealkylation sites (tertiary alicyclic amines) is 1. The van der Waals surface area contributed by atoms with Crippen molar-refractivity contribution in [2.24, 2.45) is 5.92 Å². The van der Waals surface area contributed by atoms with Crippen molar-refractivity contribution >= 4 is 11.1 Å². The lowest BCUT2D eigenvalue weighted by Gasteiger charge is -2.31. The molecule has 0 bridgehead atoms. The van der Waals surface area contributed by atoms with Crippen LogP contribution >= 0.6 is 0 Å². The maximum absolute atomic E-state index is 14.3. The van der Waals surface area contributed by atoms with Gasteiger partial charge in [0.1, 0.15) is 30.0 Å². The monoisotopic (exact) mass is 489 g/mol. The van der Waals surface area contributed by atoms with E-state index in [1.807, 2.05) is 31.2 Å². The average molecular weight is 490 g/mol. The fraction of sp³-hybridized carbons (Fsp3) is 0.333.